The molecule has 8 nitrogen and oxygen atoms in total. The Bertz CT molecular complexity index is 1180. The molecule has 36 heavy (non-hydrogen) atoms. The molecular weight excluding hydrogens is 452 g/mol. The number of nitriles is 1. The third-order valence-electron chi connectivity index (χ3n) is 6.73. The van der Waals surface area contributed by atoms with Gasteiger partial charge in [0, 0.05) is 38.4 Å². The number of hydrogen-bond acceptors (Lipinski definition) is 7. The van der Waals surface area contributed by atoms with Gasteiger partial charge in [-0.1, -0.05) is 32.6 Å². The van der Waals surface area contributed by atoms with Crippen LogP contribution in [0.15, 0.2) is 43.1 Å². The normalized spacial score (nSPS) is 17.9. The Morgan fingerprint density at radius 2 is 2.17 bits per heavy atom. The second-order valence-electron chi connectivity index (χ2n) is 9.69. The monoisotopic (exact) mass is 486 g/mol. The lowest BCUT2D eigenvalue weighted by molar-refractivity contribution is -0.129. The summed E-state index contributed by atoms with van der Waals surface area (Å²) in [6.07, 6.45) is 9.39. The van der Waals surface area contributed by atoms with Gasteiger partial charge in [-0.25, -0.2) is 9.97 Å². The van der Waals surface area contributed by atoms with Gasteiger partial charge in [0.25, 0.3) is 0 Å². The summed E-state index contributed by atoms with van der Waals surface area (Å²) < 4.78 is 0. The molecule has 3 heterocycles. The van der Waals surface area contributed by atoms with Gasteiger partial charge in [0.1, 0.15) is 17.7 Å². The van der Waals surface area contributed by atoms with Crippen LogP contribution in [0.25, 0.3) is 6.08 Å². The number of carbonyl (C=O) groups is 1. The minimum Gasteiger partial charge on any atom is -0.396 e. The molecule has 1 aliphatic heterocycles. The Balaban J connectivity index is 1.62. The van der Waals surface area contributed by atoms with E-state index < -0.39 is 0 Å². The molecule has 2 aromatic heterocycles. The highest BCUT2D eigenvalue weighted by Crippen LogP contribution is 2.44. The fraction of sp³-hybridized carbons (Fsp3) is 0.429. The summed E-state index contributed by atoms with van der Waals surface area (Å²) >= 11 is 0. The molecule has 1 saturated carbocycles. The lowest BCUT2D eigenvalue weighted by atomic mass is 9.98. The van der Waals surface area contributed by atoms with Crippen molar-refractivity contribution in [3.63, 3.8) is 0 Å². The van der Waals surface area contributed by atoms with Crippen LogP contribution in [0.5, 0.6) is 0 Å². The van der Waals surface area contributed by atoms with Gasteiger partial charge in [-0.3, -0.25) is 4.79 Å². The average molecular weight is 487 g/mol. The number of hydrogen-bond donors (Lipinski definition) is 2. The SMILES string of the molecule is C=Cc1ccnc(Nc2cc(C#N)c(N3CCN(C(=O)C=CCCO)[C@H](C(C)C)C3)nc2C2CC2)c1. The zero-order chi connectivity index (χ0) is 25.7. The third-order valence-corrected chi connectivity index (χ3v) is 6.73. The number of amides is 1. The van der Waals surface area contributed by atoms with E-state index in [1.807, 2.05) is 23.1 Å². The van der Waals surface area contributed by atoms with Crippen molar-refractivity contribution in [1.82, 2.24) is 14.9 Å². The van der Waals surface area contributed by atoms with E-state index in [2.05, 4.69) is 41.7 Å². The quantitative estimate of drug-likeness (QED) is 0.511. The molecule has 0 bridgehead atoms. The van der Waals surface area contributed by atoms with E-state index in [-0.39, 0.29) is 24.5 Å². The maximum Gasteiger partial charge on any atom is 0.246 e. The maximum atomic E-state index is 12.8. The number of aliphatic hydroxyl groups excluding tert-OH is 1. The number of pyridine rings is 2. The molecule has 1 saturated heterocycles. The Morgan fingerprint density at radius 1 is 1.36 bits per heavy atom. The Kier molecular flexibility index (Phi) is 8.01. The molecule has 188 valence electrons. The molecule has 8 heteroatoms. The Morgan fingerprint density at radius 3 is 2.83 bits per heavy atom. The summed E-state index contributed by atoms with van der Waals surface area (Å²) in [5.41, 5.74) is 3.24. The Hall–Kier alpha value is -3.70. The fourth-order valence-corrected chi connectivity index (χ4v) is 4.59. The minimum atomic E-state index is -0.0391. The number of nitrogens with zero attached hydrogens (tertiary/aromatic N) is 5. The zero-order valence-corrected chi connectivity index (χ0v) is 21.0. The molecule has 0 radical (unpaired) electrons. The first-order valence-electron chi connectivity index (χ1n) is 12.6. The number of piperazine rings is 1. The van der Waals surface area contributed by atoms with Crippen LogP contribution in [-0.4, -0.2) is 58.2 Å². The largest absolute Gasteiger partial charge is 0.396 e. The van der Waals surface area contributed by atoms with Crippen LogP contribution < -0.4 is 10.2 Å². The predicted octanol–water partition coefficient (Wildman–Crippen LogP) is 4.22. The molecule has 4 rings (SSSR count). The first-order valence-corrected chi connectivity index (χ1v) is 12.6. The number of nitrogens with one attached hydrogen (secondary N) is 1. The third kappa shape index (κ3) is 5.74. The van der Waals surface area contributed by atoms with Crippen molar-refractivity contribution in [3.8, 4) is 6.07 Å². The first kappa shape index (κ1) is 25.4. The number of aromatic nitrogens is 2. The van der Waals surface area contributed by atoms with E-state index in [0.717, 1.165) is 29.8 Å². The topological polar surface area (TPSA) is 105 Å². The molecule has 1 aliphatic carbocycles. The zero-order valence-electron chi connectivity index (χ0n) is 21.0. The van der Waals surface area contributed by atoms with Crippen LogP contribution in [0, 0.1) is 17.2 Å². The summed E-state index contributed by atoms with van der Waals surface area (Å²) in [4.78, 5) is 26.3. The molecule has 0 aromatic carbocycles. The number of rotatable bonds is 9. The molecule has 2 aliphatic rings. The summed E-state index contributed by atoms with van der Waals surface area (Å²) in [5, 5.41) is 22.4. The second kappa shape index (κ2) is 11.4. The highest BCUT2D eigenvalue weighted by atomic mass is 16.2. The van der Waals surface area contributed by atoms with E-state index in [9.17, 15) is 10.1 Å². The summed E-state index contributed by atoms with van der Waals surface area (Å²) in [6.45, 7) is 9.83. The maximum absolute atomic E-state index is 12.8. The van der Waals surface area contributed by atoms with Gasteiger partial charge in [0.15, 0.2) is 0 Å². The summed E-state index contributed by atoms with van der Waals surface area (Å²) in [6, 6.07) is 8.03. The van der Waals surface area contributed by atoms with Gasteiger partial charge in [0.2, 0.25) is 5.91 Å². The molecule has 2 fully saturated rings. The number of aliphatic hydroxyl groups is 1. The number of carbonyl (C=O) groups excluding carboxylic acids is 1. The van der Waals surface area contributed by atoms with Gasteiger partial charge in [-0.15, -0.1) is 0 Å². The van der Waals surface area contributed by atoms with Crippen LogP contribution in [0.4, 0.5) is 17.3 Å². The fourth-order valence-electron chi connectivity index (χ4n) is 4.59. The standard InChI is InChI=1S/C28H34N6O2/c1-4-20-10-11-30-25(15-20)31-23-16-22(17-29)28(32-27(23)21-8-9-21)33-12-13-34(24(18-33)19(2)3)26(36)7-5-6-14-35/h4-5,7,10-11,15-16,19,21,24,35H,1,6,8-9,12-14,18H2,2-3H3,(H,30,31)/t24-/m0/s1. The van der Waals surface area contributed by atoms with Gasteiger partial charge in [-0.2, -0.15) is 5.26 Å². The van der Waals surface area contributed by atoms with Crippen LogP contribution >= 0.6 is 0 Å². The molecule has 0 unspecified atom stereocenters. The first-order chi connectivity index (χ1) is 17.4. The lowest BCUT2D eigenvalue weighted by Crippen LogP contribution is -2.57. The van der Waals surface area contributed by atoms with Crippen molar-refractivity contribution >= 4 is 29.3 Å². The molecular formula is C28H34N6O2. The van der Waals surface area contributed by atoms with Gasteiger partial charge >= 0.3 is 0 Å². The van der Waals surface area contributed by atoms with Crippen LogP contribution in [-0.2, 0) is 4.79 Å². The van der Waals surface area contributed by atoms with E-state index in [1.54, 1.807) is 24.4 Å². The molecule has 0 spiro atoms. The van der Waals surface area contributed by atoms with Crippen molar-refractivity contribution in [2.24, 2.45) is 5.92 Å². The van der Waals surface area contributed by atoms with Crippen molar-refractivity contribution in [1.29, 1.82) is 5.26 Å². The van der Waals surface area contributed by atoms with Gasteiger partial charge < -0.3 is 20.2 Å². The molecule has 2 aromatic rings. The van der Waals surface area contributed by atoms with Crippen LogP contribution in [0.3, 0.4) is 0 Å². The number of anilines is 3. The lowest BCUT2D eigenvalue weighted by Gasteiger charge is -2.43. The van der Waals surface area contributed by atoms with E-state index in [0.29, 0.717) is 49.2 Å². The smallest absolute Gasteiger partial charge is 0.246 e. The van der Waals surface area contributed by atoms with E-state index in [1.165, 1.54) is 0 Å². The summed E-state index contributed by atoms with van der Waals surface area (Å²) in [7, 11) is 0. The summed E-state index contributed by atoms with van der Waals surface area (Å²) in [5.74, 6) is 1.94. The van der Waals surface area contributed by atoms with Crippen molar-refractivity contribution in [2.75, 3.05) is 36.5 Å². The molecule has 2 N–H and O–H groups in total. The molecule has 1 atom stereocenters. The minimum absolute atomic E-state index is 0.00797. The van der Waals surface area contributed by atoms with Crippen molar-refractivity contribution in [2.45, 2.75) is 45.1 Å². The predicted molar refractivity (Wildman–Crippen MR) is 142 cm³/mol. The van der Waals surface area contributed by atoms with Crippen molar-refractivity contribution < 1.29 is 9.90 Å². The Labute approximate surface area is 213 Å². The second-order valence-corrected chi connectivity index (χ2v) is 9.69. The van der Waals surface area contributed by atoms with E-state index >= 15 is 0 Å². The molecule has 1 amide bonds. The highest BCUT2D eigenvalue weighted by molar-refractivity contribution is 5.88. The van der Waals surface area contributed by atoms with Gasteiger partial charge in [0.05, 0.1) is 23.0 Å². The van der Waals surface area contributed by atoms with Crippen LogP contribution in [0.2, 0.25) is 0 Å². The van der Waals surface area contributed by atoms with Crippen molar-refractivity contribution in [3.05, 3.63) is 59.9 Å². The van der Waals surface area contributed by atoms with Gasteiger partial charge in [-0.05, 0) is 55.0 Å². The van der Waals surface area contributed by atoms with E-state index in [4.69, 9.17) is 10.1 Å². The average Bonchev–Trinajstić information content (AvgIpc) is 3.73. The highest BCUT2D eigenvalue weighted by Gasteiger charge is 2.35. The van der Waals surface area contributed by atoms with Crippen LogP contribution in [0.1, 0.15) is 55.8 Å².